The fourth-order valence-corrected chi connectivity index (χ4v) is 2.77. The second-order valence-electron chi connectivity index (χ2n) is 5.60. The van der Waals surface area contributed by atoms with Crippen LogP contribution in [0, 0.1) is 0 Å². The average Bonchev–Trinajstić information content (AvgIpc) is 2.43. The molecule has 0 fully saturated rings. The number of nitrogens with one attached hydrogen (secondary N) is 1. The highest BCUT2D eigenvalue weighted by molar-refractivity contribution is 7.89. The monoisotopic (exact) mass is 388 g/mol. The molecule has 0 spiro atoms. The van der Waals surface area contributed by atoms with Crippen molar-refractivity contribution in [3.05, 3.63) is 36.0 Å². The SMILES string of the molecule is CS(=O)(=O)Cc1cc(N)nc(-c2ccc(NC(=O)CC(F)(F)F)cc2)n1. The van der Waals surface area contributed by atoms with Gasteiger partial charge < -0.3 is 11.1 Å². The predicted molar refractivity (Wildman–Crippen MR) is 89.7 cm³/mol. The second kappa shape index (κ2) is 7.28. The van der Waals surface area contributed by atoms with Crippen molar-refractivity contribution in [3.63, 3.8) is 0 Å². The number of carbonyl (C=O) groups is 1. The first-order valence-corrected chi connectivity index (χ1v) is 9.25. The number of alkyl halides is 3. The third-order valence-electron chi connectivity index (χ3n) is 3.00. The number of nitrogens with two attached hydrogens (primary N) is 1. The number of amides is 1. The summed E-state index contributed by atoms with van der Waals surface area (Å²) < 4.78 is 59.2. The molecular weight excluding hydrogens is 373 g/mol. The molecule has 140 valence electrons. The Hall–Kier alpha value is -2.69. The zero-order chi connectivity index (χ0) is 19.5. The maximum Gasteiger partial charge on any atom is 0.397 e. The number of rotatable bonds is 5. The minimum Gasteiger partial charge on any atom is -0.384 e. The van der Waals surface area contributed by atoms with E-state index in [4.69, 9.17) is 5.73 Å². The van der Waals surface area contributed by atoms with E-state index in [-0.39, 0.29) is 28.8 Å². The Kier molecular flexibility index (Phi) is 5.50. The first kappa shape index (κ1) is 19.6. The Morgan fingerprint density at radius 3 is 2.35 bits per heavy atom. The molecule has 0 aliphatic carbocycles. The Balaban J connectivity index is 2.19. The fraction of sp³-hybridized carbons (Fsp3) is 0.267. The zero-order valence-corrected chi connectivity index (χ0v) is 14.4. The summed E-state index contributed by atoms with van der Waals surface area (Å²) in [6, 6.07) is 7.06. The van der Waals surface area contributed by atoms with E-state index in [0.717, 1.165) is 6.26 Å². The van der Waals surface area contributed by atoms with Gasteiger partial charge in [0.05, 0.1) is 11.4 Å². The quantitative estimate of drug-likeness (QED) is 0.811. The van der Waals surface area contributed by atoms with Crippen LogP contribution in [-0.2, 0) is 20.4 Å². The molecule has 0 bridgehead atoms. The van der Waals surface area contributed by atoms with Crippen LogP contribution < -0.4 is 11.1 Å². The minimum atomic E-state index is -4.59. The van der Waals surface area contributed by atoms with Gasteiger partial charge in [0, 0.05) is 23.6 Å². The van der Waals surface area contributed by atoms with Crippen LogP contribution in [0.5, 0.6) is 0 Å². The molecule has 1 heterocycles. The molecule has 1 amide bonds. The number of hydrogen-bond acceptors (Lipinski definition) is 6. The van der Waals surface area contributed by atoms with E-state index in [0.29, 0.717) is 5.56 Å². The van der Waals surface area contributed by atoms with Gasteiger partial charge >= 0.3 is 6.18 Å². The molecule has 0 saturated carbocycles. The van der Waals surface area contributed by atoms with Crippen molar-refractivity contribution in [2.24, 2.45) is 0 Å². The lowest BCUT2D eigenvalue weighted by atomic mass is 10.2. The third-order valence-corrected chi connectivity index (χ3v) is 3.82. The summed E-state index contributed by atoms with van der Waals surface area (Å²) in [4.78, 5) is 19.4. The number of nitrogen functional groups attached to an aromatic ring is 1. The van der Waals surface area contributed by atoms with Crippen LogP contribution in [0.3, 0.4) is 0 Å². The van der Waals surface area contributed by atoms with Crippen molar-refractivity contribution in [1.29, 1.82) is 0 Å². The zero-order valence-electron chi connectivity index (χ0n) is 13.5. The first-order valence-electron chi connectivity index (χ1n) is 7.19. The number of nitrogens with zero attached hydrogens (tertiary/aromatic N) is 2. The Morgan fingerprint density at radius 1 is 1.19 bits per heavy atom. The molecule has 1 aromatic heterocycles. The van der Waals surface area contributed by atoms with E-state index in [1.54, 1.807) is 0 Å². The average molecular weight is 388 g/mol. The fourth-order valence-electron chi connectivity index (χ4n) is 2.08. The molecule has 2 rings (SSSR count). The molecule has 26 heavy (non-hydrogen) atoms. The number of aromatic nitrogens is 2. The van der Waals surface area contributed by atoms with E-state index < -0.39 is 28.3 Å². The molecule has 0 aliphatic heterocycles. The molecule has 3 N–H and O–H groups in total. The van der Waals surface area contributed by atoms with Crippen molar-refractivity contribution in [3.8, 4) is 11.4 Å². The van der Waals surface area contributed by atoms with E-state index in [9.17, 15) is 26.4 Å². The molecule has 0 radical (unpaired) electrons. The summed E-state index contributed by atoms with van der Waals surface area (Å²) >= 11 is 0. The highest BCUT2D eigenvalue weighted by atomic mass is 32.2. The van der Waals surface area contributed by atoms with Gasteiger partial charge in [-0.25, -0.2) is 18.4 Å². The van der Waals surface area contributed by atoms with Crippen molar-refractivity contribution in [1.82, 2.24) is 9.97 Å². The van der Waals surface area contributed by atoms with E-state index in [2.05, 4.69) is 15.3 Å². The van der Waals surface area contributed by atoms with Gasteiger partial charge in [-0.05, 0) is 24.3 Å². The summed E-state index contributed by atoms with van der Waals surface area (Å²) in [7, 11) is -3.31. The largest absolute Gasteiger partial charge is 0.397 e. The maximum atomic E-state index is 12.2. The third kappa shape index (κ3) is 6.31. The highest BCUT2D eigenvalue weighted by Gasteiger charge is 2.31. The highest BCUT2D eigenvalue weighted by Crippen LogP contribution is 2.22. The number of benzene rings is 1. The van der Waals surface area contributed by atoms with Gasteiger partial charge in [-0.1, -0.05) is 0 Å². The van der Waals surface area contributed by atoms with Gasteiger partial charge in [-0.15, -0.1) is 0 Å². The summed E-state index contributed by atoms with van der Waals surface area (Å²) in [5.74, 6) is -1.24. The van der Waals surface area contributed by atoms with Gasteiger partial charge in [-0.3, -0.25) is 4.79 Å². The normalized spacial score (nSPS) is 12.0. The van der Waals surface area contributed by atoms with E-state index in [1.165, 1.54) is 30.3 Å². The van der Waals surface area contributed by atoms with Crippen LogP contribution in [0.2, 0.25) is 0 Å². The number of carbonyl (C=O) groups excluding carboxylic acids is 1. The second-order valence-corrected chi connectivity index (χ2v) is 7.74. The van der Waals surface area contributed by atoms with Crippen molar-refractivity contribution < 1.29 is 26.4 Å². The maximum absolute atomic E-state index is 12.2. The predicted octanol–water partition coefficient (Wildman–Crippen LogP) is 2.16. The van der Waals surface area contributed by atoms with Crippen LogP contribution in [0.15, 0.2) is 30.3 Å². The number of hydrogen-bond donors (Lipinski definition) is 2. The van der Waals surface area contributed by atoms with Gasteiger partial charge in [0.1, 0.15) is 12.2 Å². The molecule has 0 aliphatic rings. The summed E-state index contributed by atoms with van der Waals surface area (Å²) in [6.07, 6.45) is -5.11. The number of halogens is 3. The lowest BCUT2D eigenvalue weighted by Crippen LogP contribution is -2.21. The molecule has 2 aromatic rings. The molecule has 0 unspecified atom stereocenters. The summed E-state index contributed by atoms with van der Waals surface area (Å²) in [6.45, 7) is 0. The Labute approximate surface area is 147 Å². The molecule has 0 saturated heterocycles. The lowest BCUT2D eigenvalue weighted by molar-refractivity contribution is -0.150. The molecule has 1 aromatic carbocycles. The molecule has 11 heteroatoms. The van der Waals surface area contributed by atoms with Gasteiger partial charge in [0.25, 0.3) is 0 Å². The standard InChI is InChI=1S/C15H15F3N4O3S/c1-26(24,25)8-11-6-12(19)22-14(21-11)9-2-4-10(5-3-9)20-13(23)7-15(16,17)18/h2-6H,7-8H2,1H3,(H,20,23)(H2,19,21,22). The van der Waals surface area contributed by atoms with E-state index in [1.807, 2.05) is 0 Å². The van der Waals surface area contributed by atoms with Gasteiger partial charge in [0.2, 0.25) is 5.91 Å². The number of anilines is 2. The van der Waals surface area contributed by atoms with Crippen molar-refractivity contribution >= 4 is 27.2 Å². The summed E-state index contributed by atoms with van der Waals surface area (Å²) in [5.41, 5.74) is 6.51. The Morgan fingerprint density at radius 2 is 1.81 bits per heavy atom. The Bertz CT molecular complexity index is 913. The molecule has 7 nitrogen and oxygen atoms in total. The van der Waals surface area contributed by atoms with Crippen molar-refractivity contribution in [2.45, 2.75) is 18.3 Å². The summed E-state index contributed by atoms with van der Waals surface area (Å²) in [5, 5.41) is 2.13. The smallest absolute Gasteiger partial charge is 0.384 e. The minimum absolute atomic E-state index is 0.0798. The topological polar surface area (TPSA) is 115 Å². The van der Waals surface area contributed by atoms with E-state index >= 15 is 0 Å². The van der Waals surface area contributed by atoms with Crippen LogP contribution in [0.4, 0.5) is 24.7 Å². The van der Waals surface area contributed by atoms with Crippen LogP contribution in [0.1, 0.15) is 12.1 Å². The first-order chi connectivity index (χ1) is 11.9. The van der Waals surface area contributed by atoms with Crippen LogP contribution in [-0.4, -0.2) is 36.7 Å². The lowest BCUT2D eigenvalue weighted by Gasteiger charge is -2.09. The molecular formula is C15H15F3N4O3S. The van der Waals surface area contributed by atoms with Gasteiger partial charge in [0.15, 0.2) is 15.7 Å². The number of sulfone groups is 1. The van der Waals surface area contributed by atoms with Crippen molar-refractivity contribution in [2.75, 3.05) is 17.3 Å². The molecule has 0 atom stereocenters. The van der Waals surface area contributed by atoms with Crippen LogP contribution >= 0.6 is 0 Å². The van der Waals surface area contributed by atoms with Gasteiger partial charge in [-0.2, -0.15) is 13.2 Å². The van der Waals surface area contributed by atoms with Crippen LogP contribution in [0.25, 0.3) is 11.4 Å².